The molecule has 0 spiro atoms. The second-order valence-electron chi connectivity index (χ2n) is 3.50. The van der Waals surface area contributed by atoms with Gasteiger partial charge < -0.3 is 9.84 Å². The Bertz CT molecular complexity index is 611. The van der Waals surface area contributed by atoms with E-state index in [2.05, 4.69) is 14.8 Å². The third-order valence-corrected chi connectivity index (χ3v) is 2.15. The first-order valence-electron chi connectivity index (χ1n) is 5.05. The van der Waals surface area contributed by atoms with E-state index >= 15 is 0 Å². The summed E-state index contributed by atoms with van der Waals surface area (Å²) in [6.45, 7) is -3.16. The van der Waals surface area contributed by atoms with Crippen LogP contribution in [0, 0.1) is 0 Å². The Kier molecular flexibility index (Phi) is 3.47. The van der Waals surface area contributed by atoms with Crippen LogP contribution in [-0.2, 0) is 6.18 Å². The van der Waals surface area contributed by atoms with Crippen LogP contribution in [0.25, 0.3) is 5.82 Å². The highest BCUT2D eigenvalue weighted by atomic mass is 19.4. The van der Waals surface area contributed by atoms with Crippen molar-refractivity contribution in [3.63, 3.8) is 0 Å². The molecule has 10 heteroatoms. The molecule has 5 nitrogen and oxygen atoms in total. The van der Waals surface area contributed by atoms with E-state index in [0.717, 1.165) is 12.1 Å². The molecule has 0 fully saturated rings. The van der Waals surface area contributed by atoms with Gasteiger partial charge in [-0.2, -0.15) is 32.0 Å². The van der Waals surface area contributed by atoms with Crippen molar-refractivity contribution in [2.45, 2.75) is 12.8 Å². The number of hydrogen-bond acceptors (Lipinski definition) is 4. The van der Waals surface area contributed by atoms with Crippen molar-refractivity contribution in [3.05, 3.63) is 30.1 Å². The molecule has 0 aromatic carbocycles. The van der Waals surface area contributed by atoms with E-state index in [1.165, 1.54) is 6.07 Å². The summed E-state index contributed by atoms with van der Waals surface area (Å²) in [4.78, 5) is 3.46. The summed E-state index contributed by atoms with van der Waals surface area (Å²) in [5.74, 6) is -2.09. The minimum atomic E-state index is -4.89. The number of aromatic nitrogens is 3. The lowest BCUT2D eigenvalue weighted by Gasteiger charge is -2.11. The van der Waals surface area contributed by atoms with Crippen molar-refractivity contribution in [2.75, 3.05) is 0 Å². The molecule has 0 aliphatic rings. The summed E-state index contributed by atoms with van der Waals surface area (Å²) in [6, 6.07) is 3.31. The molecule has 2 rings (SSSR count). The number of ether oxygens (including phenoxy) is 1. The Hall–Kier alpha value is -2.39. The monoisotopic (exact) mass is 295 g/mol. The average molecular weight is 295 g/mol. The van der Waals surface area contributed by atoms with Crippen LogP contribution in [0.15, 0.2) is 24.4 Å². The number of nitrogens with zero attached hydrogens (tertiary/aromatic N) is 3. The van der Waals surface area contributed by atoms with Crippen LogP contribution in [0.1, 0.15) is 5.69 Å². The van der Waals surface area contributed by atoms with E-state index in [1.807, 2.05) is 0 Å². The Morgan fingerprint density at radius 1 is 1.25 bits per heavy atom. The van der Waals surface area contributed by atoms with E-state index < -0.39 is 35.9 Å². The number of halogens is 5. The van der Waals surface area contributed by atoms with Crippen LogP contribution in [0.2, 0.25) is 0 Å². The van der Waals surface area contributed by atoms with Crippen molar-refractivity contribution in [1.82, 2.24) is 14.8 Å². The minimum Gasteiger partial charge on any atom is -0.504 e. The fraction of sp³-hybridized carbons (Fsp3) is 0.200. The summed E-state index contributed by atoms with van der Waals surface area (Å²) in [6.07, 6.45) is -4.31. The molecule has 0 bridgehead atoms. The zero-order valence-electron chi connectivity index (χ0n) is 9.47. The quantitative estimate of drug-likeness (QED) is 0.884. The molecule has 2 aromatic rings. The summed E-state index contributed by atoms with van der Waals surface area (Å²) in [7, 11) is 0. The molecule has 0 amide bonds. The lowest BCUT2D eigenvalue weighted by atomic mass is 10.3. The summed E-state index contributed by atoms with van der Waals surface area (Å²) in [5, 5.41) is 12.5. The Balaban J connectivity index is 2.47. The maximum Gasteiger partial charge on any atom is 0.437 e. The second kappa shape index (κ2) is 4.94. The molecule has 2 heterocycles. The maximum absolute atomic E-state index is 12.7. The molecule has 0 atom stereocenters. The van der Waals surface area contributed by atoms with Gasteiger partial charge in [0, 0.05) is 6.07 Å². The lowest BCUT2D eigenvalue weighted by Crippen LogP contribution is -2.15. The normalized spacial score (nSPS) is 11.9. The van der Waals surface area contributed by atoms with E-state index in [4.69, 9.17) is 5.11 Å². The zero-order chi connectivity index (χ0) is 14.9. The molecule has 0 aliphatic carbocycles. The third-order valence-electron chi connectivity index (χ3n) is 2.15. The molecule has 2 aromatic heterocycles. The molecule has 0 unspecified atom stereocenters. The number of hydrogen-bond donors (Lipinski definition) is 1. The van der Waals surface area contributed by atoms with Crippen LogP contribution in [0.5, 0.6) is 11.6 Å². The first-order valence-corrected chi connectivity index (χ1v) is 5.05. The fourth-order valence-electron chi connectivity index (χ4n) is 1.46. The maximum atomic E-state index is 12.7. The van der Waals surface area contributed by atoms with Gasteiger partial charge in [-0.25, -0.2) is 4.68 Å². The van der Waals surface area contributed by atoms with E-state index in [1.54, 1.807) is 0 Å². The molecule has 108 valence electrons. The van der Waals surface area contributed by atoms with Gasteiger partial charge in [-0.05, 0) is 6.07 Å². The summed E-state index contributed by atoms with van der Waals surface area (Å²) >= 11 is 0. The Morgan fingerprint density at radius 2 is 1.95 bits per heavy atom. The molecular weight excluding hydrogens is 289 g/mol. The third kappa shape index (κ3) is 2.78. The molecule has 0 saturated carbocycles. The fourth-order valence-corrected chi connectivity index (χ4v) is 1.46. The number of pyridine rings is 1. The highest BCUT2D eigenvalue weighted by molar-refractivity contribution is 5.35. The van der Waals surface area contributed by atoms with Crippen molar-refractivity contribution in [1.29, 1.82) is 0 Å². The van der Waals surface area contributed by atoms with Crippen molar-refractivity contribution in [2.24, 2.45) is 0 Å². The molecule has 0 radical (unpaired) electrons. The molecule has 20 heavy (non-hydrogen) atoms. The van der Waals surface area contributed by atoms with Crippen LogP contribution in [-0.4, -0.2) is 26.5 Å². The number of aromatic hydroxyl groups is 1. The topological polar surface area (TPSA) is 60.2 Å². The van der Waals surface area contributed by atoms with E-state index in [9.17, 15) is 22.0 Å². The van der Waals surface area contributed by atoms with Gasteiger partial charge in [-0.1, -0.05) is 6.07 Å². The lowest BCUT2D eigenvalue weighted by molar-refractivity contribution is -0.144. The van der Waals surface area contributed by atoms with Crippen LogP contribution in [0.3, 0.4) is 0 Å². The standard InChI is InChI=1S/C10H6F5N3O2/c11-9(12)20-7-3-1-2-6(17-7)18-8(10(13,14)15)5(19)4-16-18/h1-4,9,19H. The van der Waals surface area contributed by atoms with Gasteiger partial charge in [0.05, 0.1) is 6.20 Å². The van der Waals surface area contributed by atoms with Gasteiger partial charge in [0.2, 0.25) is 5.88 Å². The van der Waals surface area contributed by atoms with Gasteiger partial charge in [-0.15, -0.1) is 0 Å². The van der Waals surface area contributed by atoms with Crippen molar-refractivity contribution >= 4 is 0 Å². The van der Waals surface area contributed by atoms with Crippen molar-refractivity contribution < 1.29 is 31.8 Å². The second-order valence-corrected chi connectivity index (χ2v) is 3.50. The van der Waals surface area contributed by atoms with E-state index in [0.29, 0.717) is 6.20 Å². The van der Waals surface area contributed by atoms with Gasteiger partial charge in [0.25, 0.3) is 0 Å². The first-order chi connectivity index (χ1) is 9.29. The van der Waals surface area contributed by atoms with Crippen LogP contribution in [0.4, 0.5) is 22.0 Å². The van der Waals surface area contributed by atoms with E-state index in [-0.39, 0.29) is 4.68 Å². The van der Waals surface area contributed by atoms with Gasteiger partial charge in [-0.3, -0.25) is 0 Å². The van der Waals surface area contributed by atoms with Gasteiger partial charge in [0.1, 0.15) is 0 Å². The highest BCUT2D eigenvalue weighted by Crippen LogP contribution is 2.36. The predicted octanol–water partition coefficient (Wildman–Crippen LogP) is 2.59. The minimum absolute atomic E-state index is 0.285. The molecular formula is C10H6F5N3O2. The Labute approximate surface area is 108 Å². The van der Waals surface area contributed by atoms with Gasteiger partial charge in [0.15, 0.2) is 17.3 Å². The first kappa shape index (κ1) is 14.0. The smallest absolute Gasteiger partial charge is 0.437 e. The number of alkyl halides is 5. The molecule has 1 N–H and O–H groups in total. The average Bonchev–Trinajstić information content (AvgIpc) is 2.70. The summed E-state index contributed by atoms with van der Waals surface area (Å²) < 4.78 is 66.5. The van der Waals surface area contributed by atoms with Gasteiger partial charge >= 0.3 is 12.8 Å². The predicted molar refractivity (Wildman–Crippen MR) is 54.7 cm³/mol. The molecule has 0 aliphatic heterocycles. The van der Waals surface area contributed by atoms with Crippen molar-refractivity contribution in [3.8, 4) is 17.4 Å². The molecule has 0 saturated heterocycles. The largest absolute Gasteiger partial charge is 0.504 e. The Morgan fingerprint density at radius 3 is 2.55 bits per heavy atom. The summed E-state index contributed by atoms with van der Waals surface area (Å²) in [5.41, 5.74) is -1.46. The highest BCUT2D eigenvalue weighted by Gasteiger charge is 2.39. The SMILES string of the molecule is Oc1cnn(-c2cccc(OC(F)F)n2)c1C(F)(F)F. The van der Waals surface area contributed by atoms with Crippen LogP contribution >= 0.6 is 0 Å². The zero-order valence-corrected chi connectivity index (χ0v) is 9.47. The number of rotatable bonds is 3. The van der Waals surface area contributed by atoms with Crippen LogP contribution < -0.4 is 4.74 Å².